The number of aromatic nitrogens is 2. The highest BCUT2D eigenvalue weighted by Gasteiger charge is 2.26. The predicted octanol–water partition coefficient (Wildman–Crippen LogP) is -0.0754. The summed E-state index contributed by atoms with van der Waals surface area (Å²) in [6.07, 6.45) is 4.77. The molecule has 0 saturated carbocycles. The zero-order chi connectivity index (χ0) is 16.5. The molecule has 8 nitrogen and oxygen atoms in total. The van der Waals surface area contributed by atoms with E-state index in [2.05, 4.69) is 44.0 Å². The minimum atomic E-state index is 0.105. The lowest BCUT2D eigenvalue weighted by Crippen LogP contribution is -2.37. The van der Waals surface area contributed by atoms with Crippen LogP contribution in [0.15, 0.2) is 34.2 Å². The van der Waals surface area contributed by atoms with Crippen LogP contribution >= 0.6 is 0 Å². The van der Waals surface area contributed by atoms with Gasteiger partial charge in [-0.3, -0.25) is 0 Å². The first kappa shape index (κ1) is 15.1. The van der Waals surface area contributed by atoms with Gasteiger partial charge in [0.2, 0.25) is 0 Å². The van der Waals surface area contributed by atoms with Crippen LogP contribution in [-0.2, 0) is 25.0 Å². The second kappa shape index (κ2) is 6.20. The highest BCUT2D eigenvalue weighted by Crippen LogP contribution is 2.22. The Hall–Kier alpha value is -2.48. The second-order valence-electron chi connectivity index (χ2n) is 6.29. The molecule has 1 fully saturated rings. The topological polar surface area (TPSA) is 84.8 Å². The maximum Gasteiger partial charge on any atom is 0.197 e. The lowest BCUT2D eigenvalue weighted by molar-refractivity contribution is -0.751. The molecule has 0 radical (unpaired) electrons. The zero-order valence-electron chi connectivity index (χ0n) is 13.8. The molecule has 1 atom stereocenters. The summed E-state index contributed by atoms with van der Waals surface area (Å²) in [5, 5.41) is 7.26. The van der Waals surface area contributed by atoms with Gasteiger partial charge >= 0.3 is 0 Å². The summed E-state index contributed by atoms with van der Waals surface area (Å²) in [5.41, 5.74) is 6.76. The number of aryl methyl sites for hydroxylation is 1. The van der Waals surface area contributed by atoms with Crippen molar-refractivity contribution in [2.75, 3.05) is 24.5 Å². The molecule has 2 aromatic rings. The SMILES string of the molecule is C[n+]1ccc2n1CCN2Cc1cc(C(N)=NOC2CCNC2)co1. The molecule has 4 rings (SSSR count). The van der Waals surface area contributed by atoms with Gasteiger partial charge in [0.1, 0.15) is 18.1 Å². The molecule has 2 aliphatic heterocycles. The fourth-order valence-electron chi connectivity index (χ4n) is 3.22. The number of hydrogen-bond acceptors (Lipinski definition) is 5. The van der Waals surface area contributed by atoms with Crippen molar-refractivity contribution in [2.45, 2.75) is 25.6 Å². The van der Waals surface area contributed by atoms with E-state index in [4.69, 9.17) is 15.0 Å². The predicted molar refractivity (Wildman–Crippen MR) is 88.5 cm³/mol. The Labute approximate surface area is 140 Å². The van der Waals surface area contributed by atoms with Gasteiger partial charge in [0, 0.05) is 19.5 Å². The zero-order valence-corrected chi connectivity index (χ0v) is 13.8. The van der Waals surface area contributed by atoms with Crippen LogP contribution in [0.5, 0.6) is 0 Å². The molecule has 128 valence electrons. The van der Waals surface area contributed by atoms with E-state index in [1.807, 2.05) is 6.07 Å². The van der Waals surface area contributed by atoms with Gasteiger partial charge in [0.15, 0.2) is 24.9 Å². The van der Waals surface area contributed by atoms with Crippen LogP contribution in [0.2, 0.25) is 0 Å². The Balaban J connectivity index is 1.40. The average Bonchev–Trinajstić information content (AvgIpc) is 3.33. The molecule has 1 saturated heterocycles. The minimum absolute atomic E-state index is 0.105. The van der Waals surface area contributed by atoms with Crippen molar-refractivity contribution in [1.29, 1.82) is 0 Å². The second-order valence-corrected chi connectivity index (χ2v) is 6.29. The Morgan fingerprint density at radius 2 is 2.46 bits per heavy atom. The fraction of sp³-hybridized carbons (Fsp3) is 0.500. The third-order valence-corrected chi connectivity index (χ3v) is 4.60. The first-order valence-electron chi connectivity index (χ1n) is 8.29. The van der Waals surface area contributed by atoms with Crippen LogP contribution in [0.3, 0.4) is 0 Å². The van der Waals surface area contributed by atoms with Crippen LogP contribution in [0.4, 0.5) is 5.82 Å². The Kier molecular flexibility index (Phi) is 3.89. The molecule has 0 aromatic carbocycles. The first-order valence-corrected chi connectivity index (χ1v) is 8.29. The highest BCUT2D eigenvalue weighted by molar-refractivity contribution is 5.96. The molecule has 4 heterocycles. The van der Waals surface area contributed by atoms with Crippen molar-refractivity contribution < 1.29 is 13.9 Å². The van der Waals surface area contributed by atoms with Gasteiger partial charge in [-0.2, -0.15) is 0 Å². The van der Waals surface area contributed by atoms with E-state index in [1.54, 1.807) is 6.26 Å². The summed E-state index contributed by atoms with van der Waals surface area (Å²) in [6, 6.07) is 4.05. The van der Waals surface area contributed by atoms with E-state index in [-0.39, 0.29) is 6.10 Å². The van der Waals surface area contributed by atoms with Crippen LogP contribution < -0.4 is 20.6 Å². The normalized spacial score (nSPS) is 20.6. The molecule has 0 spiro atoms. The summed E-state index contributed by atoms with van der Waals surface area (Å²) >= 11 is 0. The lowest BCUT2D eigenvalue weighted by atomic mass is 10.3. The van der Waals surface area contributed by atoms with Gasteiger partial charge in [0.05, 0.1) is 24.7 Å². The number of amidine groups is 1. The van der Waals surface area contributed by atoms with Crippen molar-refractivity contribution in [3.8, 4) is 0 Å². The van der Waals surface area contributed by atoms with Gasteiger partial charge in [-0.05, 0) is 12.6 Å². The molecule has 3 N–H and O–H groups in total. The monoisotopic (exact) mass is 331 g/mol. The molecular weight excluding hydrogens is 308 g/mol. The van der Waals surface area contributed by atoms with Crippen LogP contribution in [0.1, 0.15) is 17.7 Å². The smallest absolute Gasteiger partial charge is 0.197 e. The molecule has 8 heteroatoms. The fourth-order valence-corrected chi connectivity index (χ4v) is 3.22. The maximum atomic E-state index is 6.00. The third kappa shape index (κ3) is 2.84. The maximum absolute atomic E-state index is 6.00. The number of nitrogens with one attached hydrogen (secondary N) is 1. The third-order valence-electron chi connectivity index (χ3n) is 4.60. The summed E-state index contributed by atoms with van der Waals surface area (Å²) in [6.45, 7) is 4.45. The van der Waals surface area contributed by atoms with Crippen LogP contribution in [0, 0.1) is 0 Å². The van der Waals surface area contributed by atoms with E-state index in [0.29, 0.717) is 12.4 Å². The van der Waals surface area contributed by atoms with E-state index in [1.165, 1.54) is 5.82 Å². The molecular formula is C16H23N6O2+. The van der Waals surface area contributed by atoms with Gasteiger partial charge < -0.3 is 25.2 Å². The number of anilines is 1. The number of furan rings is 1. The Morgan fingerprint density at radius 3 is 3.29 bits per heavy atom. The number of nitrogens with zero attached hydrogens (tertiary/aromatic N) is 4. The Bertz CT molecular complexity index is 744. The van der Waals surface area contributed by atoms with E-state index < -0.39 is 0 Å². The van der Waals surface area contributed by atoms with Crippen molar-refractivity contribution >= 4 is 11.7 Å². The molecule has 1 unspecified atom stereocenters. The number of fused-ring (bicyclic) bond motifs is 1. The van der Waals surface area contributed by atoms with Gasteiger partial charge in [-0.25, -0.2) is 0 Å². The average molecular weight is 331 g/mol. The molecule has 0 aliphatic carbocycles. The first-order chi connectivity index (χ1) is 11.7. The van der Waals surface area contributed by atoms with Crippen molar-refractivity contribution in [3.63, 3.8) is 0 Å². The van der Waals surface area contributed by atoms with Gasteiger partial charge in [-0.15, -0.1) is 9.36 Å². The van der Waals surface area contributed by atoms with E-state index in [9.17, 15) is 0 Å². The quantitative estimate of drug-likeness (QED) is 0.347. The van der Waals surface area contributed by atoms with Crippen molar-refractivity contribution in [2.24, 2.45) is 17.9 Å². The largest absolute Gasteiger partial charge is 0.467 e. The van der Waals surface area contributed by atoms with Gasteiger partial charge in [0.25, 0.3) is 0 Å². The number of nitrogens with two attached hydrogens (primary N) is 1. The van der Waals surface area contributed by atoms with Crippen LogP contribution in [0.25, 0.3) is 0 Å². The summed E-state index contributed by atoms with van der Waals surface area (Å²) in [5.74, 6) is 2.42. The van der Waals surface area contributed by atoms with Crippen molar-refractivity contribution in [3.05, 3.63) is 35.9 Å². The van der Waals surface area contributed by atoms with Gasteiger partial charge in [-0.1, -0.05) is 5.16 Å². The summed E-state index contributed by atoms with van der Waals surface area (Å²) < 4.78 is 9.99. The molecule has 2 aromatic heterocycles. The number of rotatable bonds is 5. The highest BCUT2D eigenvalue weighted by atomic mass is 16.6. The lowest BCUT2D eigenvalue weighted by Gasteiger charge is -2.13. The molecule has 0 amide bonds. The molecule has 0 bridgehead atoms. The number of oxime groups is 1. The van der Waals surface area contributed by atoms with E-state index >= 15 is 0 Å². The Morgan fingerprint density at radius 1 is 1.54 bits per heavy atom. The van der Waals surface area contributed by atoms with E-state index in [0.717, 1.165) is 43.9 Å². The molecule has 24 heavy (non-hydrogen) atoms. The summed E-state index contributed by atoms with van der Waals surface area (Å²) in [7, 11) is 2.05. The number of hydrogen-bond donors (Lipinski definition) is 2. The minimum Gasteiger partial charge on any atom is -0.467 e. The van der Waals surface area contributed by atoms with Crippen molar-refractivity contribution in [1.82, 2.24) is 10.00 Å². The van der Waals surface area contributed by atoms with Crippen LogP contribution in [-0.4, -0.2) is 36.3 Å². The standard InChI is InChI=1S/C16H23N6O2/c1-20-5-3-15-21(6-7-22(15)20)10-14-8-12(11-23-14)16(17)19-24-13-2-4-18-9-13/h3,5,8,11,13,18H,2,4,6-7,9-10H2,1H3,(H2,17,19)/q+1. The molecule has 2 aliphatic rings. The summed E-state index contributed by atoms with van der Waals surface area (Å²) in [4.78, 5) is 7.74.